The highest BCUT2D eigenvalue weighted by Crippen LogP contribution is 2.21. The number of aromatic nitrogens is 1. The van der Waals surface area contributed by atoms with Crippen LogP contribution in [0.4, 0.5) is 5.69 Å². The molecule has 0 unspecified atom stereocenters. The van der Waals surface area contributed by atoms with Crippen molar-refractivity contribution in [3.8, 4) is 17.2 Å². The van der Waals surface area contributed by atoms with Gasteiger partial charge in [-0.25, -0.2) is 5.43 Å². The van der Waals surface area contributed by atoms with Gasteiger partial charge in [0.25, 0.3) is 5.69 Å². The zero-order valence-corrected chi connectivity index (χ0v) is 23.0. The van der Waals surface area contributed by atoms with Crippen LogP contribution in [0.2, 0.25) is 0 Å². The summed E-state index contributed by atoms with van der Waals surface area (Å²) in [7, 11) is 0. The molecule has 10 heteroatoms. The smallest absolute Gasteiger partial charge is 0.307 e. The number of hydrogen-bond donors (Lipinski definition) is 1. The van der Waals surface area contributed by atoms with Crippen molar-refractivity contribution in [2.75, 3.05) is 0 Å². The Morgan fingerprint density at radius 2 is 1.57 bits per heavy atom. The van der Waals surface area contributed by atoms with Crippen LogP contribution in [0.1, 0.15) is 38.8 Å². The van der Waals surface area contributed by atoms with E-state index in [1.807, 2.05) is 24.3 Å². The second kappa shape index (κ2) is 12.7. The number of nitro groups is 1. The number of carbonyl (C=O) groups excluding carboxylic acids is 1. The number of nitrogens with one attached hydrogen (secondary N) is 1. The first-order chi connectivity index (χ1) is 20.4. The van der Waals surface area contributed by atoms with Gasteiger partial charge in [0.1, 0.15) is 30.5 Å². The van der Waals surface area contributed by atoms with Gasteiger partial charge in [0, 0.05) is 29.2 Å². The molecule has 2 aromatic heterocycles. The number of benzene rings is 3. The Kier molecular flexibility index (Phi) is 8.43. The summed E-state index contributed by atoms with van der Waals surface area (Å²) in [5.74, 6) is 1.41. The topological polar surface area (TPSA) is 121 Å². The Morgan fingerprint density at radius 3 is 2.26 bits per heavy atom. The molecule has 1 amide bonds. The number of amides is 1. The lowest BCUT2D eigenvalue weighted by molar-refractivity contribution is -0.384. The van der Waals surface area contributed by atoms with E-state index < -0.39 is 10.8 Å². The van der Waals surface area contributed by atoms with E-state index in [1.54, 1.807) is 48.5 Å². The lowest BCUT2D eigenvalue weighted by atomic mass is 10.2. The second-order valence-electron chi connectivity index (χ2n) is 9.48. The summed E-state index contributed by atoms with van der Waals surface area (Å²) in [6, 6.07) is 28.5. The van der Waals surface area contributed by atoms with Crippen LogP contribution in [0.15, 0.2) is 107 Å². The first-order valence-corrected chi connectivity index (χ1v) is 13.1. The van der Waals surface area contributed by atoms with E-state index >= 15 is 0 Å². The molecule has 1 N–H and O–H groups in total. The van der Waals surface area contributed by atoms with Gasteiger partial charge in [-0.3, -0.25) is 14.9 Å². The zero-order chi connectivity index (χ0) is 29.5. The van der Waals surface area contributed by atoms with Gasteiger partial charge in [-0.05, 0) is 97.8 Å². The molecule has 0 saturated heterocycles. The molecule has 0 saturated carbocycles. The second-order valence-corrected chi connectivity index (χ2v) is 9.48. The number of aryl methyl sites for hydroxylation is 2. The predicted molar refractivity (Wildman–Crippen MR) is 157 cm³/mol. The van der Waals surface area contributed by atoms with Crippen molar-refractivity contribution in [3.63, 3.8) is 0 Å². The van der Waals surface area contributed by atoms with Crippen molar-refractivity contribution in [1.29, 1.82) is 0 Å². The number of nitro benzene ring substituents is 1. The number of hydrazone groups is 1. The van der Waals surface area contributed by atoms with Crippen LogP contribution in [-0.2, 0) is 13.2 Å². The average Bonchev–Trinajstić information content (AvgIpc) is 3.62. The zero-order valence-electron chi connectivity index (χ0n) is 23.0. The Balaban J connectivity index is 1.08. The maximum atomic E-state index is 12.4. The number of hydrogen-bond acceptors (Lipinski definition) is 7. The van der Waals surface area contributed by atoms with Crippen LogP contribution in [0.5, 0.6) is 11.5 Å². The first-order valence-electron chi connectivity index (χ1n) is 13.1. The average molecular weight is 565 g/mol. The summed E-state index contributed by atoms with van der Waals surface area (Å²) in [5, 5.41) is 14.9. The highest BCUT2D eigenvalue weighted by atomic mass is 16.6. The van der Waals surface area contributed by atoms with Gasteiger partial charge in [-0.1, -0.05) is 12.1 Å². The van der Waals surface area contributed by atoms with Crippen LogP contribution in [-0.4, -0.2) is 21.6 Å². The minimum Gasteiger partial charge on any atom is -0.489 e. The molecule has 0 fully saturated rings. The summed E-state index contributed by atoms with van der Waals surface area (Å²) < 4.78 is 19.3. The molecular formula is C32H28N4O6. The van der Waals surface area contributed by atoms with Crippen LogP contribution < -0.4 is 14.9 Å². The monoisotopic (exact) mass is 564 g/mol. The first kappa shape index (κ1) is 27.9. The van der Waals surface area contributed by atoms with Crippen molar-refractivity contribution in [2.24, 2.45) is 5.10 Å². The predicted octanol–water partition coefficient (Wildman–Crippen LogP) is 6.52. The maximum Gasteiger partial charge on any atom is 0.307 e. The number of rotatable bonds is 11. The van der Waals surface area contributed by atoms with Gasteiger partial charge in [-0.15, -0.1) is 0 Å². The molecule has 5 aromatic rings. The van der Waals surface area contributed by atoms with Gasteiger partial charge in [0.2, 0.25) is 0 Å². The molecule has 0 aliphatic carbocycles. The molecule has 10 nitrogen and oxygen atoms in total. The van der Waals surface area contributed by atoms with Crippen molar-refractivity contribution < 1.29 is 23.6 Å². The lowest BCUT2D eigenvalue weighted by Gasteiger charge is -2.10. The van der Waals surface area contributed by atoms with E-state index in [4.69, 9.17) is 13.9 Å². The van der Waals surface area contributed by atoms with Gasteiger partial charge >= 0.3 is 5.91 Å². The van der Waals surface area contributed by atoms with E-state index in [1.165, 1.54) is 18.3 Å². The molecular weight excluding hydrogens is 536 g/mol. The molecule has 0 aliphatic heterocycles. The minimum absolute atomic E-state index is 0.0174. The largest absolute Gasteiger partial charge is 0.489 e. The molecule has 42 heavy (non-hydrogen) atoms. The number of ether oxygens (including phenoxy) is 2. The summed E-state index contributed by atoms with van der Waals surface area (Å²) in [6.45, 7) is 4.50. The van der Waals surface area contributed by atoms with Gasteiger partial charge in [0.05, 0.1) is 11.1 Å². The summed E-state index contributed by atoms with van der Waals surface area (Å²) >= 11 is 0. The molecule has 5 rings (SSSR count). The number of carbonyl (C=O) groups is 1. The van der Waals surface area contributed by atoms with Crippen molar-refractivity contribution in [1.82, 2.24) is 9.99 Å². The standard InChI is InChI=1S/C32H28N4O6/c1-22-6-7-23(2)35(22)26-10-14-29(15-11-26)41-21-30-16-17-31(42-30)32(37)34-33-19-24-8-12-28(13-9-24)40-20-25-4-3-5-27(18-25)36(38)39/h3-19H,20-21H2,1-2H3,(H,34,37)/b33-19+. The number of non-ortho nitro benzene ring substituents is 1. The van der Waals surface area contributed by atoms with Gasteiger partial charge < -0.3 is 18.5 Å². The van der Waals surface area contributed by atoms with Crippen molar-refractivity contribution >= 4 is 17.8 Å². The van der Waals surface area contributed by atoms with Crippen LogP contribution in [0.3, 0.4) is 0 Å². The van der Waals surface area contributed by atoms with Crippen molar-refractivity contribution in [3.05, 3.63) is 141 Å². The summed E-state index contributed by atoms with van der Waals surface area (Å²) in [4.78, 5) is 22.9. The summed E-state index contributed by atoms with van der Waals surface area (Å²) in [5.41, 5.74) is 7.27. The van der Waals surface area contributed by atoms with Gasteiger partial charge in [-0.2, -0.15) is 5.10 Å². The van der Waals surface area contributed by atoms with E-state index in [0.29, 0.717) is 22.8 Å². The lowest BCUT2D eigenvalue weighted by Crippen LogP contribution is -2.16. The molecule has 0 bridgehead atoms. The SMILES string of the molecule is Cc1ccc(C)n1-c1ccc(OCc2ccc(C(=O)N/N=C/c3ccc(OCc4cccc([N+](=O)[O-])c4)cc3)o2)cc1. The third kappa shape index (κ3) is 6.92. The molecule has 3 aromatic carbocycles. The molecule has 0 spiro atoms. The fraction of sp³-hybridized carbons (Fsp3) is 0.125. The van der Waals surface area contributed by atoms with E-state index in [2.05, 4.69) is 41.1 Å². The van der Waals surface area contributed by atoms with E-state index in [9.17, 15) is 14.9 Å². The molecule has 212 valence electrons. The number of furan rings is 1. The maximum absolute atomic E-state index is 12.4. The summed E-state index contributed by atoms with van der Waals surface area (Å²) in [6.07, 6.45) is 1.50. The van der Waals surface area contributed by atoms with E-state index in [-0.39, 0.29) is 24.7 Å². The fourth-order valence-electron chi connectivity index (χ4n) is 4.30. The number of nitrogens with zero attached hydrogens (tertiary/aromatic N) is 3. The molecule has 0 atom stereocenters. The highest BCUT2D eigenvalue weighted by molar-refractivity contribution is 5.92. The third-order valence-electron chi connectivity index (χ3n) is 6.42. The van der Waals surface area contributed by atoms with Crippen LogP contribution >= 0.6 is 0 Å². The fourth-order valence-corrected chi connectivity index (χ4v) is 4.30. The Bertz CT molecular complexity index is 1700. The Hall–Kier alpha value is -5.64. The molecule has 2 heterocycles. The van der Waals surface area contributed by atoms with Crippen LogP contribution in [0, 0.1) is 24.0 Å². The minimum atomic E-state index is -0.490. The van der Waals surface area contributed by atoms with Crippen molar-refractivity contribution in [2.45, 2.75) is 27.1 Å². The Morgan fingerprint density at radius 1 is 0.905 bits per heavy atom. The molecule has 0 aliphatic rings. The normalized spacial score (nSPS) is 11.0. The van der Waals surface area contributed by atoms with Crippen LogP contribution in [0.25, 0.3) is 5.69 Å². The highest BCUT2D eigenvalue weighted by Gasteiger charge is 2.11. The Labute approximate surface area is 242 Å². The molecule has 0 radical (unpaired) electrons. The third-order valence-corrected chi connectivity index (χ3v) is 6.42. The quantitative estimate of drug-likeness (QED) is 0.111. The van der Waals surface area contributed by atoms with Gasteiger partial charge in [0.15, 0.2) is 5.76 Å². The van der Waals surface area contributed by atoms with E-state index in [0.717, 1.165) is 22.6 Å².